The molecule has 0 aromatic heterocycles. The van der Waals surface area contributed by atoms with Crippen LogP contribution in [0.15, 0.2) is 0 Å². The van der Waals surface area contributed by atoms with Crippen LogP contribution in [0.1, 0.15) is 6.42 Å². The zero-order valence-electron chi connectivity index (χ0n) is 9.62. The Balaban J connectivity index is 2.07. The van der Waals surface area contributed by atoms with Gasteiger partial charge in [-0.05, 0) is 0 Å². The largest absolute Gasteiger partial charge is 0.378 e. The fourth-order valence-electron chi connectivity index (χ4n) is 1.45. The van der Waals surface area contributed by atoms with E-state index in [2.05, 4.69) is 10.6 Å². The first-order chi connectivity index (χ1) is 7.74. The van der Waals surface area contributed by atoms with E-state index < -0.39 is 0 Å². The number of amides is 2. The van der Waals surface area contributed by atoms with Gasteiger partial charge in [-0.1, -0.05) is 0 Å². The molecule has 1 fully saturated rings. The highest BCUT2D eigenvalue weighted by Crippen LogP contribution is 1.96. The lowest BCUT2D eigenvalue weighted by Crippen LogP contribution is -2.45. The van der Waals surface area contributed by atoms with Crippen molar-refractivity contribution in [2.75, 3.05) is 46.4 Å². The minimum Gasteiger partial charge on any atom is -0.378 e. The second kappa shape index (κ2) is 7.19. The van der Waals surface area contributed by atoms with Crippen LogP contribution in [-0.4, -0.2) is 63.2 Å². The van der Waals surface area contributed by atoms with Crippen molar-refractivity contribution in [3.63, 3.8) is 0 Å². The molecule has 1 heterocycles. The van der Waals surface area contributed by atoms with Crippen LogP contribution in [0.4, 0.5) is 0 Å². The average molecular weight is 229 g/mol. The lowest BCUT2D eigenvalue weighted by Gasteiger charge is -2.26. The van der Waals surface area contributed by atoms with Crippen molar-refractivity contribution < 1.29 is 14.3 Å². The van der Waals surface area contributed by atoms with Gasteiger partial charge >= 0.3 is 0 Å². The number of ether oxygens (including phenoxy) is 1. The summed E-state index contributed by atoms with van der Waals surface area (Å²) in [6.07, 6.45) is 0.396. The van der Waals surface area contributed by atoms with Crippen molar-refractivity contribution >= 4 is 11.8 Å². The Morgan fingerprint density at radius 2 is 2.00 bits per heavy atom. The van der Waals surface area contributed by atoms with Crippen molar-refractivity contribution in [1.29, 1.82) is 0 Å². The van der Waals surface area contributed by atoms with E-state index in [9.17, 15) is 9.59 Å². The highest BCUT2D eigenvalue weighted by molar-refractivity contribution is 5.78. The molecule has 92 valence electrons. The molecular formula is C10H19N3O3. The van der Waals surface area contributed by atoms with Gasteiger partial charge in [0.2, 0.25) is 11.8 Å². The molecule has 1 aliphatic heterocycles. The summed E-state index contributed by atoms with van der Waals surface area (Å²) in [4.78, 5) is 24.3. The number of carbonyl (C=O) groups is 2. The van der Waals surface area contributed by atoms with E-state index in [0.717, 1.165) is 0 Å². The Hall–Kier alpha value is -1.14. The SMILES string of the molecule is CNC(=O)CCNCC(=O)N1CCOCC1. The topological polar surface area (TPSA) is 70.7 Å². The molecule has 0 aromatic rings. The lowest BCUT2D eigenvalue weighted by molar-refractivity contribution is -0.134. The number of morpholine rings is 1. The molecular weight excluding hydrogens is 210 g/mol. The molecule has 6 heteroatoms. The minimum absolute atomic E-state index is 0.0219. The quantitative estimate of drug-likeness (QED) is 0.567. The summed E-state index contributed by atoms with van der Waals surface area (Å²) in [6, 6.07) is 0. The molecule has 0 aromatic carbocycles. The van der Waals surface area contributed by atoms with Crippen molar-refractivity contribution in [2.24, 2.45) is 0 Å². The molecule has 1 saturated heterocycles. The van der Waals surface area contributed by atoms with Crippen LogP contribution in [0.5, 0.6) is 0 Å². The number of rotatable bonds is 5. The van der Waals surface area contributed by atoms with E-state index in [4.69, 9.17) is 4.74 Å². The standard InChI is InChI=1S/C10H19N3O3/c1-11-9(14)2-3-12-8-10(15)13-4-6-16-7-5-13/h12H,2-8H2,1H3,(H,11,14). The summed E-state index contributed by atoms with van der Waals surface area (Å²) in [7, 11) is 1.60. The molecule has 0 aliphatic carbocycles. The maximum absolute atomic E-state index is 11.6. The predicted molar refractivity (Wildman–Crippen MR) is 59.0 cm³/mol. The molecule has 0 bridgehead atoms. The van der Waals surface area contributed by atoms with E-state index in [-0.39, 0.29) is 18.4 Å². The molecule has 1 rings (SSSR count). The van der Waals surface area contributed by atoms with Crippen LogP contribution in [0.2, 0.25) is 0 Å². The number of nitrogens with one attached hydrogen (secondary N) is 2. The normalized spacial score (nSPS) is 15.9. The van der Waals surface area contributed by atoms with Crippen LogP contribution in [0, 0.1) is 0 Å². The monoisotopic (exact) mass is 229 g/mol. The third-order valence-corrected chi connectivity index (χ3v) is 2.45. The summed E-state index contributed by atoms with van der Waals surface area (Å²) in [5, 5.41) is 5.48. The van der Waals surface area contributed by atoms with Gasteiger partial charge in [0.1, 0.15) is 0 Å². The summed E-state index contributed by atoms with van der Waals surface area (Å²) in [5.74, 6) is 0.0477. The number of hydrogen-bond acceptors (Lipinski definition) is 4. The lowest BCUT2D eigenvalue weighted by atomic mass is 10.3. The highest BCUT2D eigenvalue weighted by Gasteiger charge is 2.15. The Labute approximate surface area is 95.3 Å². The van der Waals surface area contributed by atoms with Crippen molar-refractivity contribution in [2.45, 2.75) is 6.42 Å². The first-order valence-electron chi connectivity index (χ1n) is 5.51. The third-order valence-electron chi connectivity index (χ3n) is 2.45. The molecule has 0 unspecified atom stereocenters. The van der Waals surface area contributed by atoms with Crippen LogP contribution in [0.25, 0.3) is 0 Å². The van der Waals surface area contributed by atoms with Crippen LogP contribution in [0.3, 0.4) is 0 Å². The molecule has 0 saturated carbocycles. The molecule has 16 heavy (non-hydrogen) atoms. The van der Waals surface area contributed by atoms with E-state index >= 15 is 0 Å². The zero-order valence-corrected chi connectivity index (χ0v) is 9.62. The van der Waals surface area contributed by atoms with E-state index in [0.29, 0.717) is 39.3 Å². The first-order valence-corrected chi connectivity index (χ1v) is 5.51. The van der Waals surface area contributed by atoms with E-state index in [1.54, 1.807) is 11.9 Å². The molecule has 2 amide bonds. The van der Waals surface area contributed by atoms with Gasteiger partial charge in [0.15, 0.2) is 0 Å². The summed E-state index contributed by atoms with van der Waals surface area (Å²) >= 11 is 0. The Morgan fingerprint density at radius 3 is 2.62 bits per heavy atom. The molecule has 0 atom stereocenters. The van der Waals surface area contributed by atoms with E-state index in [1.807, 2.05) is 0 Å². The summed E-state index contributed by atoms with van der Waals surface area (Å²) < 4.78 is 5.15. The number of nitrogens with zero attached hydrogens (tertiary/aromatic N) is 1. The Morgan fingerprint density at radius 1 is 1.31 bits per heavy atom. The second-order valence-corrected chi connectivity index (χ2v) is 3.59. The van der Waals surface area contributed by atoms with Crippen molar-refractivity contribution in [3.8, 4) is 0 Å². The zero-order chi connectivity index (χ0) is 11.8. The van der Waals surface area contributed by atoms with Gasteiger partial charge < -0.3 is 20.3 Å². The van der Waals surface area contributed by atoms with Gasteiger partial charge in [0, 0.05) is 33.1 Å². The van der Waals surface area contributed by atoms with Gasteiger partial charge in [0.05, 0.1) is 19.8 Å². The minimum atomic E-state index is -0.0219. The fourth-order valence-corrected chi connectivity index (χ4v) is 1.45. The number of carbonyl (C=O) groups excluding carboxylic acids is 2. The van der Waals surface area contributed by atoms with Crippen molar-refractivity contribution in [3.05, 3.63) is 0 Å². The van der Waals surface area contributed by atoms with Crippen LogP contribution in [-0.2, 0) is 14.3 Å². The molecule has 0 spiro atoms. The van der Waals surface area contributed by atoms with Crippen molar-refractivity contribution in [1.82, 2.24) is 15.5 Å². The van der Waals surface area contributed by atoms with Gasteiger partial charge in [-0.3, -0.25) is 9.59 Å². The average Bonchev–Trinajstić information content (AvgIpc) is 2.35. The van der Waals surface area contributed by atoms with Gasteiger partial charge in [0.25, 0.3) is 0 Å². The molecule has 0 radical (unpaired) electrons. The van der Waals surface area contributed by atoms with Gasteiger partial charge in [-0.2, -0.15) is 0 Å². The van der Waals surface area contributed by atoms with Crippen LogP contribution >= 0.6 is 0 Å². The van der Waals surface area contributed by atoms with Gasteiger partial charge in [-0.25, -0.2) is 0 Å². The summed E-state index contributed by atoms with van der Waals surface area (Å²) in [5.41, 5.74) is 0. The van der Waals surface area contributed by atoms with Gasteiger partial charge in [-0.15, -0.1) is 0 Å². The Kier molecular flexibility index (Phi) is 5.81. The smallest absolute Gasteiger partial charge is 0.236 e. The third kappa shape index (κ3) is 4.59. The second-order valence-electron chi connectivity index (χ2n) is 3.59. The molecule has 2 N–H and O–H groups in total. The predicted octanol–water partition coefficient (Wildman–Crippen LogP) is -1.43. The maximum Gasteiger partial charge on any atom is 0.236 e. The molecule has 6 nitrogen and oxygen atoms in total. The fraction of sp³-hybridized carbons (Fsp3) is 0.800. The first kappa shape index (κ1) is 12.9. The van der Waals surface area contributed by atoms with E-state index in [1.165, 1.54) is 0 Å². The number of hydrogen-bond donors (Lipinski definition) is 2. The van der Waals surface area contributed by atoms with Crippen LogP contribution < -0.4 is 10.6 Å². The maximum atomic E-state index is 11.6. The summed E-state index contributed by atoms with van der Waals surface area (Å²) in [6.45, 7) is 3.37. The highest BCUT2D eigenvalue weighted by atomic mass is 16.5. The Bertz CT molecular complexity index is 239. The molecule has 1 aliphatic rings.